The molecule has 1 heterocycles. The van der Waals surface area contributed by atoms with Crippen LogP contribution in [0.3, 0.4) is 0 Å². The highest BCUT2D eigenvalue weighted by Gasteiger charge is 2.13. The van der Waals surface area contributed by atoms with Crippen LogP contribution >= 0.6 is 0 Å². The van der Waals surface area contributed by atoms with Crippen molar-refractivity contribution in [1.29, 1.82) is 0 Å². The molecule has 0 aliphatic heterocycles. The van der Waals surface area contributed by atoms with Gasteiger partial charge in [0.05, 0.1) is 25.6 Å². The molecule has 1 aromatic carbocycles. The highest BCUT2D eigenvalue weighted by molar-refractivity contribution is 6.35. The Morgan fingerprint density at radius 1 is 1.22 bits per heavy atom. The van der Waals surface area contributed by atoms with Crippen LogP contribution < -0.4 is 15.5 Å². The van der Waals surface area contributed by atoms with Crippen LogP contribution in [0.5, 0.6) is 5.75 Å². The zero-order valence-corrected chi connectivity index (χ0v) is 12.8. The van der Waals surface area contributed by atoms with E-state index in [1.54, 1.807) is 38.3 Å². The minimum atomic E-state index is -0.848. The highest BCUT2D eigenvalue weighted by atomic mass is 16.5. The molecule has 7 nitrogen and oxygen atoms in total. The lowest BCUT2D eigenvalue weighted by Crippen LogP contribution is -2.37. The highest BCUT2D eigenvalue weighted by Crippen LogP contribution is 2.13. The molecule has 1 aromatic heterocycles. The Morgan fingerprint density at radius 2 is 2.04 bits per heavy atom. The van der Waals surface area contributed by atoms with Crippen molar-refractivity contribution < 1.29 is 18.7 Å². The number of rotatable bonds is 5. The normalized spacial score (nSPS) is 11.0. The topological polar surface area (TPSA) is 92.9 Å². The van der Waals surface area contributed by atoms with E-state index in [4.69, 9.17) is 9.15 Å². The molecule has 2 N–H and O–H groups in total. The molecule has 23 heavy (non-hydrogen) atoms. The minimum Gasteiger partial charge on any atom is -0.497 e. The monoisotopic (exact) mass is 315 g/mol. The van der Waals surface area contributed by atoms with Crippen molar-refractivity contribution in [3.63, 3.8) is 0 Å². The van der Waals surface area contributed by atoms with Crippen LogP contribution in [0.1, 0.15) is 18.2 Å². The van der Waals surface area contributed by atoms with E-state index in [-0.39, 0.29) is 6.54 Å². The average molecular weight is 315 g/mol. The van der Waals surface area contributed by atoms with Crippen LogP contribution in [0.2, 0.25) is 0 Å². The fourth-order valence-electron chi connectivity index (χ4n) is 1.76. The fraction of sp³-hybridized carbons (Fsp3) is 0.188. The molecule has 2 aromatic rings. The molecule has 0 fully saturated rings. The molecule has 0 radical (unpaired) electrons. The summed E-state index contributed by atoms with van der Waals surface area (Å²) < 4.78 is 10.2. The van der Waals surface area contributed by atoms with Crippen molar-refractivity contribution in [2.24, 2.45) is 5.10 Å². The van der Waals surface area contributed by atoms with Crippen LogP contribution in [-0.4, -0.2) is 24.6 Å². The van der Waals surface area contributed by atoms with Gasteiger partial charge in [0.2, 0.25) is 0 Å². The number of carbonyl (C=O) groups is 2. The van der Waals surface area contributed by atoms with Crippen molar-refractivity contribution in [1.82, 2.24) is 10.7 Å². The minimum absolute atomic E-state index is 0.137. The number of carbonyl (C=O) groups excluding carboxylic acids is 2. The molecule has 2 rings (SSSR count). The average Bonchev–Trinajstić information content (AvgIpc) is 3.10. The number of furan rings is 1. The first-order valence-corrected chi connectivity index (χ1v) is 6.89. The van der Waals surface area contributed by atoms with Gasteiger partial charge in [0, 0.05) is 5.56 Å². The lowest BCUT2D eigenvalue weighted by Gasteiger charge is -2.05. The van der Waals surface area contributed by atoms with E-state index >= 15 is 0 Å². The van der Waals surface area contributed by atoms with Gasteiger partial charge in [-0.3, -0.25) is 9.59 Å². The Balaban J connectivity index is 1.89. The molecule has 7 heteroatoms. The second-order valence-corrected chi connectivity index (χ2v) is 4.63. The van der Waals surface area contributed by atoms with Crippen LogP contribution in [0.15, 0.2) is 52.2 Å². The lowest BCUT2D eigenvalue weighted by molar-refractivity contribution is -0.139. The maximum absolute atomic E-state index is 11.7. The molecular formula is C16H17N3O4. The largest absolute Gasteiger partial charge is 0.497 e. The second-order valence-electron chi connectivity index (χ2n) is 4.63. The maximum Gasteiger partial charge on any atom is 0.329 e. The zero-order chi connectivity index (χ0) is 16.7. The van der Waals surface area contributed by atoms with Gasteiger partial charge in [-0.1, -0.05) is 12.1 Å². The summed E-state index contributed by atoms with van der Waals surface area (Å²) >= 11 is 0. The van der Waals surface area contributed by atoms with E-state index < -0.39 is 11.8 Å². The third kappa shape index (κ3) is 4.70. The van der Waals surface area contributed by atoms with E-state index in [0.29, 0.717) is 17.2 Å². The van der Waals surface area contributed by atoms with Crippen molar-refractivity contribution in [3.8, 4) is 5.75 Å². The maximum atomic E-state index is 11.7. The predicted octanol–water partition coefficient (Wildman–Crippen LogP) is 1.44. The molecule has 0 unspecified atom stereocenters. The van der Waals surface area contributed by atoms with Crippen LogP contribution in [0, 0.1) is 0 Å². The summed E-state index contributed by atoms with van der Waals surface area (Å²) in [5, 5.41) is 6.35. The van der Waals surface area contributed by atoms with Gasteiger partial charge >= 0.3 is 11.8 Å². The number of amides is 2. The molecule has 0 saturated carbocycles. The Kier molecular flexibility index (Phi) is 5.51. The number of hydrazone groups is 1. The van der Waals surface area contributed by atoms with Gasteiger partial charge in [-0.25, -0.2) is 5.43 Å². The smallest absolute Gasteiger partial charge is 0.329 e. The summed E-state index contributed by atoms with van der Waals surface area (Å²) in [5.74, 6) is -0.399. The molecule has 0 saturated heterocycles. The van der Waals surface area contributed by atoms with Crippen molar-refractivity contribution in [2.75, 3.05) is 7.11 Å². The number of nitrogens with one attached hydrogen (secondary N) is 2. The molecule has 120 valence electrons. The number of ether oxygens (including phenoxy) is 1. The van der Waals surface area contributed by atoms with Gasteiger partial charge in [0.15, 0.2) is 0 Å². The van der Waals surface area contributed by atoms with Gasteiger partial charge in [-0.05, 0) is 31.2 Å². The Morgan fingerprint density at radius 3 is 2.74 bits per heavy atom. The van der Waals surface area contributed by atoms with E-state index in [9.17, 15) is 9.59 Å². The third-order valence-corrected chi connectivity index (χ3v) is 3.02. The quantitative estimate of drug-likeness (QED) is 0.496. The molecular weight excluding hydrogens is 298 g/mol. The fourth-order valence-corrected chi connectivity index (χ4v) is 1.76. The van der Waals surface area contributed by atoms with Gasteiger partial charge in [-0.15, -0.1) is 0 Å². The van der Waals surface area contributed by atoms with Crippen molar-refractivity contribution >= 4 is 17.5 Å². The first-order chi connectivity index (χ1) is 11.1. The van der Waals surface area contributed by atoms with E-state index in [2.05, 4.69) is 15.8 Å². The standard InChI is InChI=1S/C16H17N3O4/c1-11(12-5-3-6-13(9-12)22-2)18-19-16(21)15(20)17-10-14-7-4-8-23-14/h3-9H,10H2,1-2H3,(H,17,20)(H,19,21)/b18-11-. The molecule has 0 aliphatic rings. The molecule has 0 bridgehead atoms. The summed E-state index contributed by atoms with van der Waals surface area (Å²) in [6.07, 6.45) is 1.49. The summed E-state index contributed by atoms with van der Waals surface area (Å²) in [4.78, 5) is 23.3. The number of hydrogen-bond acceptors (Lipinski definition) is 5. The second kappa shape index (κ2) is 7.79. The molecule has 0 atom stereocenters. The number of methoxy groups -OCH3 is 1. The SMILES string of the molecule is COc1cccc(/C(C)=N\NC(=O)C(=O)NCc2ccco2)c1. The number of benzene rings is 1. The molecule has 0 aliphatic carbocycles. The summed E-state index contributed by atoms with van der Waals surface area (Å²) in [7, 11) is 1.57. The summed E-state index contributed by atoms with van der Waals surface area (Å²) in [6.45, 7) is 1.85. The van der Waals surface area contributed by atoms with Crippen molar-refractivity contribution in [3.05, 3.63) is 54.0 Å². The van der Waals surface area contributed by atoms with Gasteiger partial charge in [0.25, 0.3) is 0 Å². The predicted molar refractivity (Wildman–Crippen MR) is 83.9 cm³/mol. The zero-order valence-electron chi connectivity index (χ0n) is 12.8. The van der Waals surface area contributed by atoms with Crippen LogP contribution in [-0.2, 0) is 16.1 Å². The van der Waals surface area contributed by atoms with E-state index in [1.165, 1.54) is 6.26 Å². The lowest BCUT2D eigenvalue weighted by atomic mass is 10.1. The Hall–Kier alpha value is -3.09. The Bertz CT molecular complexity index is 708. The first kappa shape index (κ1) is 16.3. The molecule has 0 spiro atoms. The van der Waals surface area contributed by atoms with Gasteiger partial charge < -0.3 is 14.5 Å². The Labute approximate surface area is 133 Å². The van der Waals surface area contributed by atoms with Gasteiger partial charge in [-0.2, -0.15) is 5.10 Å². The number of nitrogens with zero attached hydrogens (tertiary/aromatic N) is 1. The summed E-state index contributed by atoms with van der Waals surface area (Å²) in [6, 6.07) is 10.6. The summed E-state index contributed by atoms with van der Waals surface area (Å²) in [5.41, 5.74) is 3.54. The third-order valence-electron chi connectivity index (χ3n) is 3.02. The molecule has 2 amide bonds. The van der Waals surface area contributed by atoms with Crippen LogP contribution in [0.4, 0.5) is 0 Å². The van der Waals surface area contributed by atoms with E-state index in [0.717, 1.165) is 5.56 Å². The van der Waals surface area contributed by atoms with E-state index in [1.807, 2.05) is 12.1 Å². The first-order valence-electron chi connectivity index (χ1n) is 6.89. The van der Waals surface area contributed by atoms with Gasteiger partial charge in [0.1, 0.15) is 11.5 Å². The van der Waals surface area contributed by atoms with Crippen LogP contribution in [0.25, 0.3) is 0 Å². The van der Waals surface area contributed by atoms with Crippen molar-refractivity contribution in [2.45, 2.75) is 13.5 Å². The number of hydrogen-bond donors (Lipinski definition) is 2.